The van der Waals surface area contributed by atoms with Crippen molar-refractivity contribution in [2.45, 2.75) is 47.1 Å². The van der Waals surface area contributed by atoms with Crippen LogP contribution in [-0.2, 0) is 19.7 Å². The fourth-order valence-electron chi connectivity index (χ4n) is 3.60. The zero-order valence-corrected chi connectivity index (χ0v) is 27.8. The summed E-state index contributed by atoms with van der Waals surface area (Å²) in [4.78, 5) is 0. The molecule has 1 aromatic carbocycles. The van der Waals surface area contributed by atoms with Crippen LogP contribution in [0.1, 0.15) is 37.5 Å². The quantitative estimate of drug-likeness (QED) is 0.341. The van der Waals surface area contributed by atoms with Crippen LogP contribution in [0.4, 0.5) is 0 Å². The van der Waals surface area contributed by atoms with Gasteiger partial charge in [-0.05, 0) is 63.8 Å². The van der Waals surface area contributed by atoms with E-state index in [0.717, 1.165) is 23.8 Å². The van der Waals surface area contributed by atoms with Gasteiger partial charge in [-0.2, -0.15) is 0 Å². The van der Waals surface area contributed by atoms with E-state index in [0.29, 0.717) is 19.8 Å². The molecule has 4 nitrogen and oxygen atoms in total. The van der Waals surface area contributed by atoms with Crippen molar-refractivity contribution >= 4 is 77.2 Å². The fraction of sp³-hybridized carbons (Fsp3) is 0.647. The topological polar surface area (TPSA) is 36.9 Å². The molecule has 0 N–H and O–H groups in total. The van der Waals surface area contributed by atoms with Gasteiger partial charge in [0.1, 0.15) is 19.2 Å². The second kappa shape index (κ2) is 12.4. The van der Waals surface area contributed by atoms with Crippen molar-refractivity contribution in [1.82, 2.24) is 0 Å². The summed E-state index contributed by atoms with van der Waals surface area (Å²) in [6.07, 6.45) is -1.40. The highest BCUT2D eigenvalue weighted by molar-refractivity contribution is 8.11. The van der Waals surface area contributed by atoms with Gasteiger partial charge < -0.3 is 18.0 Å². The number of methoxy groups -OCH3 is 1. The van der Waals surface area contributed by atoms with Crippen molar-refractivity contribution in [1.29, 1.82) is 0 Å². The van der Waals surface area contributed by atoms with E-state index in [1.165, 1.54) is 11.1 Å². The minimum Gasteiger partial charge on any atom is -0.496 e. The second-order valence-corrected chi connectivity index (χ2v) is 56.0. The highest BCUT2D eigenvalue weighted by Crippen LogP contribution is 2.32. The van der Waals surface area contributed by atoms with E-state index in [1.807, 2.05) is 20.8 Å². The van der Waals surface area contributed by atoms with Gasteiger partial charge in [0.2, 0.25) is 0 Å². The lowest BCUT2D eigenvalue weighted by molar-refractivity contribution is 0.229. The van der Waals surface area contributed by atoms with Crippen molar-refractivity contribution < 1.29 is 18.0 Å². The monoisotopic (exact) mass is 550 g/mol. The van der Waals surface area contributed by atoms with E-state index in [-0.39, 0.29) is 0 Å². The van der Waals surface area contributed by atoms with Gasteiger partial charge in [-0.25, -0.2) is 0 Å². The molecule has 0 fully saturated rings. The maximum Gasteiger partial charge on any atom is 0.354 e. The summed E-state index contributed by atoms with van der Waals surface area (Å²) in [5, 5.41) is 0. The predicted octanol–water partition coefficient (Wildman–Crippen LogP) is 0.857. The van der Waals surface area contributed by atoms with Crippen LogP contribution in [0, 0.1) is 13.8 Å². The van der Waals surface area contributed by atoms with Crippen LogP contribution >= 0.6 is 0 Å². The summed E-state index contributed by atoms with van der Waals surface area (Å²) in [5.74, 6) is 0.923. The first-order chi connectivity index (χ1) is 13.9. The molecule has 0 spiro atoms. The van der Waals surface area contributed by atoms with E-state index in [4.69, 9.17) is 18.0 Å². The molecule has 16 radical (unpaired) electrons. The Balaban J connectivity index is 3.56. The molecule has 0 heterocycles. The predicted molar refractivity (Wildman–Crippen MR) is 138 cm³/mol. The van der Waals surface area contributed by atoms with Gasteiger partial charge in [0.15, 0.2) is 0 Å². The molecule has 0 saturated carbocycles. The molecule has 0 amide bonds. The Labute approximate surface area is 203 Å². The highest BCUT2D eigenvalue weighted by atomic mass is 30.4. The molecule has 1 rings (SSSR count). The second-order valence-electron chi connectivity index (χ2n) is 7.17. The van der Waals surface area contributed by atoms with Gasteiger partial charge in [0.05, 0.1) is 7.11 Å². The Bertz CT molecular complexity index is 678. The third-order valence-electron chi connectivity index (χ3n) is 5.12. The first-order valence-corrected chi connectivity index (χ1v) is 28.0. The summed E-state index contributed by atoms with van der Waals surface area (Å²) in [6, 6.07) is 5.31. The molecule has 0 bridgehead atoms. The lowest BCUT2D eigenvalue weighted by Crippen LogP contribution is -2.89. The van der Waals surface area contributed by atoms with E-state index < -0.39 is 28.4 Å². The SMILES string of the molecule is CCO[Si](OCC)[Si](CCc1cc(OC)c(C)cc1C)([Si]([Si])([Si])[Si])[Si]([Si])([Si])OCC. The number of aryl methyl sites for hydroxylation is 3. The van der Waals surface area contributed by atoms with Crippen LogP contribution in [0.2, 0.25) is 6.04 Å². The van der Waals surface area contributed by atoms with Gasteiger partial charge in [-0.3, -0.25) is 0 Å². The lowest BCUT2D eigenvalue weighted by atomic mass is 10.0. The van der Waals surface area contributed by atoms with Crippen LogP contribution in [-0.4, -0.2) is 104 Å². The molecular formula is C17H30O4Si9. The largest absolute Gasteiger partial charge is 0.496 e. The summed E-state index contributed by atoms with van der Waals surface area (Å²) < 4.78 is 24.7. The van der Waals surface area contributed by atoms with E-state index in [9.17, 15) is 0 Å². The third-order valence-corrected chi connectivity index (χ3v) is 83.5. The lowest BCUT2D eigenvalue weighted by Gasteiger charge is -2.52. The number of benzene rings is 1. The molecule has 1 aromatic rings. The van der Waals surface area contributed by atoms with Gasteiger partial charge in [0, 0.05) is 74.8 Å². The summed E-state index contributed by atoms with van der Waals surface area (Å²) >= 11 is 0. The van der Waals surface area contributed by atoms with Crippen LogP contribution in [0.25, 0.3) is 0 Å². The standard InChI is InChI=1S/C17H30O4Si9/c1-7-19-27(20-8-2)28(30(24,25)26,29(22,23)21-9-3)11-10-16-13-17(18-6)15(5)12-14(16)4/h12-13H,7-11H2,1-6H3. The zero-order valence-electron chi connectivity index (χ0n) is 18.8. The van der Waals surface area contributed by atoms with Gasteiger partial charge in [-0.1, -0.05) is 12.1 Å². The number of rotatable bonds is 13. The Morgan fingerprint density at radius 1 is 0.867 bits per heavy atom. The molecule has 1 unspecified atom stereocenters. The van der Waals surface area contributed by atoms with Gasteiger partial charge in [0.25, 0.3) is 0 Å². The van der Waals surface area contributed by atoms with Gasteiger partial charge >= 0.3 is 8.80 Å². The van der Waals surface area contributed by atoms with Gasteiger partial charge in [-0.15, -0.1) is 0 Å². The van der Waals surface area contributed by atoms with Crippen LogP contribution < -0.4 is 4.74 Å². The summed E-state index contributed by atoms with van der Waals surface area (Å²) in [5.41, 5.74) is 3.71. The van der Waals surface area contributed by atoms with Crippen molar-refractivity contribution in [3.63, 3.8) is 0 Å². The first-order valence-electron chi connectivity index (χ1n) is 10.1. The minimum absolute atomic E-state index is 0.616. The van der Waals surface area contributed by atoms with E-state index in [2.05, 4.69) is 74.8 Å². The molecular weight excluding hydrogens is 521 g/mol. The first kappa shape index (κ1) is 28.9. The molecule has 0 aliphatic heterocycles. The van der Waals surface area contributed by atoms with Crippen molar-refractivity contribution in [2.75, 3.05) is 26.9 Å². The smallest absolute Gasteiger partial charge is 0.354 e. The number of hydrogen-bond donors (Lipinski definition) is 0. The van der Waals surface area contributed by atoms with Crippen LogP contribution in [0.15, 0.2) is 12.1 Å². The molecule has 0 aromatic heterocycles. The number of hydrogen-bond acceptors (Lipinski definition) is 4. The fourth-order valence-corrected chi connectivity index (χ4v) is 97.8. The summed E-state index contributed by atoms with van der Waals surface area (Å²) in [6.45, 7) is 7.23. The van der Waals surface area contributed by atoms with Crippen molar-refractivity contribution in [3.05, 3.63) is 28.8 Å². The Hall–Kier alpha value is 0.852. The Morgan fingerprint density at radius 2 is 1.43 bits per heavy atom. The molecule has 0 saturated heterocycles. The summed E-state index contributed by atoms with van der Waals surface area (Å²) in [7, 11) is 20.6. The zero-order chi connectivity index (χ0) is 23.2. The Morgan fingerprint density at radius 3 is 1.87 bits per heavy atom. The van der Waals surface area contributed by atoms with Crippen molar-refractivity contribution in [3.8, 4) is 5.75 Å². The highest BCUT2D eigenvalue weighted by Gasteiger charge is 2.65. The van der Waals surface area contributed by atoms with E-state index >= 15 is 0 Å². The van der Waals surface area contributed by atoms with Crippen LogP contribution in [0.3, 0.4) is 0 Å². The normalized spacial score (nSPS) is 14.8. The average Bonchev–Trinajstić information content (AvgIpc) is 2.62. The molecule has 30 heavy (non-hydrogen) atoms. The minimum atomic E-state index is -2.53. The molecule has 0 aliphatic rings. The molecule has 0 aliphatic carbocycles. The Kier molecular flexibility index (Phi) is 11.9. The molecule has 158 valence electrons. The number of ether oxygens (including phenoxy) is 1. The maximum atomic E-state index is 6.39. The van der Waals surface area contributed by atoms with E-state index in [1.54, 1.807) is 7.11 Å². The third kappa shape index (κ3) is 6.46. The van der Waals surface area contributed by atoms with Crippen molar-refractivity contribution in [2.24, 2.45) is 0 Å². The average molecular weight is 551 g/mol. The maximum absolute atomic E-state index is 6.39. The van der Waals surface area contributed by atoms with Crippen LogP contribution in [0.5, 0.6) is 5.75 Å². The molecule has 1 atom stereocenters. The molecule has 13 heteroatoms.